The molecule has 112 valence electrons. The van der Waals surface area contributed by atoms with E-state index in [4.69, 9.17) is 5.11 Å². The Kier molecular flexibility index (Phi) is 6.47. The predicted octanol–water partition coefficient (Wildman–Crippen LogP) is 2.25. The number of thiophene rings is 1. The molecular weight excluding hydrogens is 278 g/mol. The highest BCUT2D eigenvalue weighted by molar-refractivity contribution is 7.14. The first-order valence-corrected chi connectivity index (χ1v) is 7.35. The lowest BCUT2D eigenvalue weighted by molar-refractivity contribution is 0.0698. The highest BCUT2D eigenvalue weighted by Crippen LogP contribution is 2.23. The third-order valence-corrected chi connectivity index (χ3v) is 3.65. The first-order valence-electron chi connectivity index (χ1n) is 6.47. The van der Waals surface area contributed by atoms with E-state index in [0.717, 1.165) is 13.0 Å². The van der Waals surface area contributed by atoms with Crippen molar-refractivity contribution in [2.24, 2.45) is 0 Å². The minimum Gasteiger partial charge on any atom is -0.478 e. The van der Waals surface area contributed by atoms with Crippen molar-refractivity contribution in [2.75, 3.05) is 39.0 Å². The summed E-state index contributed by atoms with van der Waals surface area (Å²) in [6, 6.07) is 1.24. The molecule has 0 spiro atoms. The zero-order valence-electron chi connectivity index (χ0n) is 12.0. The normalized spacial score (nSPS) is 10.6. The monoisotopic (exact) mass is 299 g/mol. The van der Waals surface area contributed by atoms with Gasteiger partial charge in [-0.15, -0.1) is 11.3 Å². The highest BCUT2D eigenvalue weighted by atomic mass is 32.1. The molecule has 0 bridgehead atoms. The Morgan fingerprint density at radius 3 is 2.60 bits per heavy atom. The van der Waals surface area contributed by atoms with E-state index in [-0.39, 0.29) is 11.6 Å². The lowest BCUT2D eigenvalue weighted by Gasteiger charge is -2.22. The highest BCUT2D eigenvalue weighted by Gasteiger charge is 2.17. The van der Waals surface area contributed by atoms with Crippen LogP contribution in [-0.2, 0) is 0 Å². The number of hydrogen-bond donors (Lipinski definition) is 2. The Labute approximate surface area is 123 Å². The molecule has 6 nitrogen and oxygen atoms in total. The Hall–Kier alpha value is -1.60. The quantitative estimate of drug-likeness (QED) is 0.810. The number of carbonyl (C=O) groups excluding carboxylic acids is 1. The fraction of sp³-hybridized carbons (Fsp3) is 0.538. The lowest BCUT2D eigenvalue weighted by Crippen LogP contribution is -2.36. The van der Waals surface area contributed by atoms with Crippen LogP contribution in [0.25, 0.3) is 0 Å². The van der Waals surface area contributed by atoms with Gasteiger partial charge in [0.05, 0.1) is 5.56 Å². The van der Waals surface area contributed by atoms with Crippen molar-refractivity contribution >= 4 is 28.3 Å². The summed E-state index contributed by atoms with van der Waals surface area (Å²) >= 11 is 1.22. The number of aromatic carboxylic acids is 1. The summed E-state index contributed by atoms with van der Waals surface area (Å²) in [7, 11) is 3.97. The number of urea groups is 1. The van der Waals surface area contributed by atoms with Crippen LogP contribution in [0, 0.1) is 0 Å². The molecule has 1 aromatic heterocycles. The molecule has 0 aliphatic heterocycles. The number of nitrogens with zero attached hydrogens (tertiary/aromatic N) is 2. The molecule has 0 radical (unpaired) electrons. The van der Waals surface area contributed by atoms with Crippen molar-refractivity contribution in [1.29, 1.82) is 0 Å². The molecule has 1 rings (SSSR count). The van der Waals surface area contributed by atoms with Gasteiger partial charge in [-0.2, -0.15) is 0 Å². The zero-order chi connectivity index (χ0) is 15.1. The number of carboxylic acid groups (broad SMARTS) is 1. The van der Waals surface area contributed by atoms with Crippen molar-refractivity contribution in [3.8, 4) is 0 Å². The summed E-state index contributed by atoms with van der Waals surface area (Å²) in [6.07, 6.45) is 0.879. The second-order valence-electron chi connectivity index (χ2n) is 4.64. The number of carbonyl (C=O) groups is 2. The van der Waals surface area contributed by atoms with E-state index < -0.39 is 5.97 Å². The van der Waals surface area contributed by atoms with Crippen LogP contribution >= 0.6 is 11.3 Å². The molecule has 20 heavy (non-hydrogen) atoms. The molecule has 7 heteroatoms. The van der Waals surface area contributed by atoms with Crippen molar-refractivity contribution in [3.05, 3.63) is 17.0 Å². The topological polar surface area (TPSA) is 72.9 Å². The van der Waals surface area contributed by atoms with Crippen LogP contribution in [-0.4, -0.2) is 60.6 Å². The molecule has 2 N–H and O–H groups in total. The molecule has 0 fully saturated rings. The predicted molar refractivity (Wildman–Crippen MR) is 80.7 cm³/mol. The fourth-order valence-electron chi connectivity index (χ4n) is 1.73. The van der Waals surface area contributed by atoms with Gasteiger partial charge >= 0.3 is 12.0 Å². The first-order chi connectivity index (χ1) is 9.45. The van der Waals surface area contributed by atoms with Crippen LogP contribution in [0.3, 0.4) is 0 Å². The van der Waals surface area contributed by atoms with E-state index in [1.807, 2.05) is 21.0 Å². The van der Waals surface area contributed by atoms with E-state index in [1.165, 1.54) is 17.4 Å². The van der Waals surface area contributed by atoms with Gasteiger partial charge < -0.3 is 14.9 Å². The Balaban J connectivity index is 2.58. The van der Waals surface area contributed by atoms with Gasteiger partial charge in [-0.25, -0.2) is 9.59 Å². The molecule has 0 aliphatic carbocycles. The maximum atomic E-state index is 12.1. The van der Waals surface area contributed by atoms with Crippen LogP contribution in [0.4, 0.5) is 9.80 Å². The molecule has 2 amide bonds. The van der Waals surface area contributed by atoms with Gasteiger partial charge in [-0.3, -0.25) is 5.32 Å². The van der Waals surface area contributed by atoms with E-state index in [0.29, 0.717) is 18.1 Å². The summed E-state index contributed by atoms with van der Waals surface area (Å²) in [5, 5.41) is 13.7. The molecule has 0 atom stereocenters. The molecule has 0 saturated heterocycles. The molecule has 1 heterocycles. The third kappa shape index (κ3) is 4.82. The maximum absolute atomic E-state index is 12.1. The van der Waals surface area contributed by atoms with Gasteiger partial charge in [0.1, 0.15) is 5.00 Å². The average Bonchev–Trinajstić information content (AvgIpc) is 2.82. The van der Waals surface area contributed by atoms with E-state index in [9.17, 15) is 9.59 Å². The summed E-state index contributed by atoms with van der Waals surface area (Å²) in [6.45, 7) is 4.05. The van der Waals surface area contributed by atoms with Gasteiger partial charge in [0.2, 0.25) is 0 Å². The summed E-state index contributed by atoms with van der Waals surface area (Å²) in [5.41, 5.74) is 0.132. The average molecular weight is 299 g/mol. The largest absolute Gasteiger partial charge is 0.478 e. The molecule has 0 aliphatic rings. The van der Waals surface area contributed by atoms with E-state index in [1.54, 1.807) is 10.3 Å². The number of amides is 2. The number of carboxylic acids is 1. The Morgan fingerprint density at radius 1 is 1.35 bits per heavy atom. The summed E-state index contributed by atoms with van der Waals surface area (Å²) < 4.78 is 0. The maximum Gasteiger partial charge on any atom is 0.338 e. The van der Waals surface area contributed by atoms with Crippen molar-refractivity contribution < 1.29 is 14.7 Å². The van der Waals surface area contributed by atoms with E-state index in [2.05, 4.69) is 10.2 Å². The number of anilines is 1. The zero-order valence-corrected chi connectivity index (χ0v) is 12.9. The van der Waals surface area contributed by atoms with Crippen LogP contribution in [0.1, 0.15) is 23.7 Å². The number of rotatable bonds is 7. The van der Waals surface area contributed by atoms with Crippen molar-refractivity contribution in [1.82, 2.24) is 9.80 Å². The molecule has 0 aromatic carbocycles. The van der Waals surface area contributed by atoms with Gasteiger partial charge in [0.25, 0.3) is 0 Å². The standard InChI is InChI=1S/C13H21N3O3S/c1-4-16(8-5-7-15(2)3)13(19)14-11-10(12(17)18)6-9-20-11/h6,9H,4-5,7-8H2,1-3H3,(H,14,19)(H,17,18). The Morgan fingerprint density at radius 2 is 2.05 bits per heavy atom. The molecule has 1 aromatic rings. The second kappa shape index (κ2) is 7.86. The first kappa shape index (κ1) is 16.5. The minimum absolute atomic E-state index is 0.132. The van der Waals surface area contributed by atoms with Crippen LogP contribution in [0.5, 0.6) is 0 Å². The number of nitrogens with one attached hydrogen (secondary N) is 1. The summed E-state index contributed by atoms with van der Waals surface area (Å²) in [4.78, 5) is 26.8. The molecule has 0 unspecified atom stereocenters. The smallest absolute Gasteiger partial charge is 0.338 e. The van der Waals surface area contributed by atoms with Crippen LogP contribution in [0.2, 0.25) is 0 Å². The lowest BCUT2D eigenvalue weighted by atomic mass is 10.3. The van der Waals surface area contributed by atoms with Crippen molar-refractivity contribution in [3.63, 3.8) is 0 Å². The van der Waals surface area contributed by atoms with Gasteiger partial charge in [0, 0.05) is 13.1 Å². The van der Waals surface area contributed by atoms with Gasteiger partial charge in [-0.1, -0.05) is 0 Å². The fourth-order valence-corrected chi connectivity index (χ4v) is 2.50. The van der Waals surface area contributed by atoms with Crippen LogP contribution in [0.15, 0.2) is 11.4 Å². The SMILES string of the molecule is CCN(CCCN(C)C)C(=O)Nc1sccc1C(=O)O. The molecule has 0 saturated carbocycles. The Bertz CT molecular complexity index is 459. The minimum atomic E-state index is -1.03. The third-order valence-electron chi connectivity index (χ3n) is 2.82. The van der Waals surface area contributed by atoms with Gasteiger partial charge in [0.15, 0.2) is 0 Å². The van der Waals surface area contributed by atoms with Gasteiger partial charge in [-0.05, 0) is 45.4 Å². The number of hydrogen-bond acceptors (Lipinski definition) is 4. The van der Waals surface area contributed by atoms with Crippen LogP contribution < -0.4 is 5.32 Å². The summed E-state index contributed by atoms with van der Waals surface area (Å²) in [5.74, 6) is -1.03. The molecular formula is C13H21N3O3S. The van der Waals surface area contributed by atoms with Crippen molar-refractivity contribution in [2.45, 2.75) is 13.3 Å². The second-order valence-corrected chi connectivity index (χ2v) is 5.55. The van der Waals surface area contributed by atoms with E-state index >= 15 is 0 Å².